The summed E-state index contributed by atoms with van der Waals surface area (Å²) in [7, 11) is 4.07. The van der Waals surface area contributed by atoms with Crippen molar-refractivity contribution in [2.45, 2.75) is 0 Å². The monoisotopic (exact) mass is 223 g/mol. The standard InChI is InChI=1S/C12H21N3O/c1-14(2)7-8-15(9-10-16)12-6-4-3-5-11(12)13/h3-6,16H,7-10,13H2,1-2H3. The summed E-state index contributed by atoms with van der Waals surface area (Å²) in [4.78, 5) is 4.22. The molecule has 0 aliphatic rings. The molecule has 90 valence electrons. The van der Waals surface area contributed by atoms with Crippen LogP contribution in [0.4, 0.5) is 11.4 Å². The molecule has 1 aromatic rings. The van der Waals surface area contributed by atoms with Crippen LogP contribution in [-0.4, -0.2) is 50.3 Å². The summed E-state index contributed by atoms with van der Waals surface area (Å²) >= 11 is 0. The molecule has 0 unspecified atom stereocenters. The number of aliphatic hydroxyl groups excluding tert-OH is 1. The van der Waals surface area contributed by atoms with E-state index in [0.29, 0.717) is 6.54 Å². The molecule has 0 aliphatic heterocycles. The lowest BCUT2D eigenvalue weighted by Crippen LogP contribution is -2.34. The van der Waals surface area contributed by atoms with E-state index >= 15 is 0 Å². The SMILES string of the molecule is CN(C)CCN(CCO)c1ccccc1N. The van der Waals surface area contributed by atoms with Gasteiger partial charge in [-0.05, 0) is 26.2 Å². The Bertz CT molecular complexity index is 315. The summed E-state index contributed by atoms with van der Waals surface area (Å²) in [5, 5.41) is 9.06. The highest BCUT2D eigenvalue weighted by Gasteiger charge is 2.08. The van der Waals surface area contributed by atoms with Gasteiger partial charge in [-0.25, -0.2) is 0 Å². The van der Waals surface area contributed by atoms with E-state index in [0.717, 1.165) is 24.5 Å². The molecule has 0 bridgehead atoms. The van der Waals surface area contributed by atoms with Crippen LogP contribution < -0.4 is 10.6 Å². The van der Waals surface area contributed by atoms with Gasteiger partial charge in [0.15, 0.2) is 0 Å². The van der Waals surface area contributed by atoms with Crippen molar-refractivity contribution in [3.8, 4) is 0 Å². The van der Waals surface area contributed by atoms with Crippen LogP contribution in [0.25, 0.3) is 0 Å². The number of nitrogens with two attached hydrogens (primary N) is 1. The lowest BCUT2D eigenvalue weighted by atomic mass is 10.2. The highest BCUT2D eigenvalue weighted by molar-refractivity contribution is 5.67. The molecule has 0 saturated heterocycles. The molecular weight excluding hydrogens is 202 g/mol. The highest BCUT2D eigenvalue weighted by atomic mass is 16.3. The normalized spacial score (nSPS) is 10.8. The Labute approximate surface area is 97.3 Å². The molecule has 1 aromatic carbocycles. The maximum absolute atomic E-state index is 9.06. The van der Waals surface area contributed by atoms with Crippen LogP contribution in [0.5, 0.6) is 0 Å². The molecule has 0 saturated carbocycles. The zero-order chi connectivity index (χ0) is 12.0. The molecule has 0 amide bonds. The van der Waals surface area contributed by atoms with Crippen LogP contribution in [0.15, 0.2) is 24.3 Å². The number of aliphatic hydroxyl groups is 1. The fraction of sp³-hybridized carbons (Fsp3) is 0.500. The van der Waals surface area contributed by atoms with Crippen LogP contribution in [0, 0.1) is 0 Å². The summed E-state index contributed by atoms with van der Waals surface area (Å²) in [6, 6.07) is 7.75. The zero-order valence-electron chi connectivity index (χ0n) is 10.1. The molecule has 3 N–H and O–H groups in total. The van der Waals surface area contributed by atoms with E-state index in [2.05, 4.69) is 9.80 Å². The maximum atomic E-state index is 9.06. The Balaban J connectivity index is 2.73. The second-order valence-corrected chi connectivity index (χ2v) is 4.07. The number of hydrogen-bond donors (Lipinski definition) is 2. The minimum atomic E-state index is 0.141. The van der Waals surface area contributed by atoms with Gasteiger partial charge in [0.2, 0.25) is 0 Å². The Kier molecular flexibility index (Phi) is 5.08. The van der Waals surface area contributed by atoms with Crippen molar-refractivity contribution in [1.82, 2.24) is 4.90 Å². The van der Waals surface area contributed by atoms with Crippen LogP contribution in [0.1, 0.15) is 0 Å². The van der Waals surface area contributed by atoms with Gasteiger partial charge in [0.25, 0.3) is 0 Å². The average Bonchev–Trinajstić information content (AvgIpc) is 2.25. The van der Waals surface area contributed by atoms with Crippen molar-refractivity contribution in [3.63, 3.8) is 0 Å². The fourth-order valence-electron chi connectivity index (χ4n) is 1.57. The fourth-order valence-corrected chi connectivity index (χ4v) is 1.57. The van der Waals surface area contributed by atoms with Gasteiger partial charge in [0, 0.05) is 19.6 Å². The minimum absolute atomic E-state index is 0.141. The van der Waals surface area contributed by atoms with Crippen molar-refractivity contribution in [1.29, 1.82) is 0 Å². The number of benzene rings is 1. The second-order valence-electron chi connectivity index (χ2n) is 4.07. The van der Waals surface area contributed by atoms with E-state index in [1.807, 2.05) is 38.4 Å². The van der Waals surface area contributed by atoms with E-state index in [9.17, 15) is 0 Å². The number of anilines is 2. The van der Waals surface area contributed by atoms with Gasteiger partial charge >= 0.3 is 0 Å². The van der Waals surface area contributed by atoms with Crippen molar-refractivity contribution < 1.29 is 5.11 Å². The first-order valence-corrected chi connectivity index (χ1v) is 5.50. The van der Waals surface area contributed by atoms with E-state index in [-0.39, 0.29) is 6.61 Å². The van der Waals surface area contributed by atoms with Crippen LogP contribution in [0.3, 0.4) is 0 Å². The molecule has 4 nitrogen and oxygen atoms in total. The van der Waals surface area contributed by atoms with Gasteiger partial charge in [-0.2, -0.15) is 0 Å². The predicted octanol–water partition coefficient (Wildman–Crippen LogP) is 0.629. The van der Waals surface area contributed by atoms with E-state index in [1.165, 1.54) is 0 Å². The number of para-hydroxylation sites is 2. The Morgan fingerprint density at radius 2 is 1.81 bits per heavy atom. The molecule has 0 aliphatic carbocycles. The third-order valence-corrected chi connectivity index (χ3v) is 2.46. The van der Waals surface area contributed by atoms with Crippen molar-refractivity contribution in [3.05, 3.63) is 24.3 Å². The minimum Gasteiger partial charge on any atom is -0.397 e. The first kappa shape index (κ1) is 12.8. The van der Waals surface area contributed by atoms with E-state index < -0.39 is 0 Å². The maximum Gasteiger partial charge on any atom is 0.0606 e. The molecule has 0 radical (unpaired) electrons. The second kappa shape index (κ2) is 6.35. The lowest BCUT2D eigenvalue weighted by Gasteiger charge is -2.26. The molecule has 0 spiro atoms. The number of rotatable bonds is 6. The molecular formula is C12H21N3O. The van der Waals surface area contributed by atoms with Crippen molar-refractivity contribution in [2.75, 3.05) is 51.0 Å². The zero-order valence-corrected chi connectivity index (χ0v) is 10.1. The molecule has 0 heterocycles. The molecule has 0 aromatic heterocycles. The quantitative estimate of drug-likeness (QED) is 0.695. The van der Waals surface area contributed by atoms with Gasteiger partial charge in [-0.15, -0.1) is 0 Å². The largest absolute Gasteiger partial charge is 0.397 e. The average molecular weight is 223 g/mol. The molecule has 0 fully saturated rings. The van der Waals surface area contributed by atoms with Crippen LogP contribution in [-0.2, 0) is 0 Å². The summed E-state index contributed by atoms with van der Waals surface area (Å²) in [6.07, 6.45) is 0. The Morgan fingerprint density at radius 1 is 1.12 bits per heavy atom. The highest BCUT2D eigenvalue weighted by Crippen LogP contribution is 2.21. The van der Waals surface area contributed by atoms with E-state index in [4.69, 9.17) is 10.8 Å². The van der Waals surface area contributed by atoms with Crippen LogP contribution in [0.2, 0.25) is 0 Å². The van der Waals surface area contributed by atoms with E-state index in [1.54, 1.807) is 0 Å². The van der Waals surface area contributed by atoms with Gasteiger partial charge in [-0.3, -0.25) is 0 Å². The summed E-state index contributed by atoms with van der Waals surface area (Å²) < 4.78 is 0. The molecule has 16 heavy (non-hydrogen) atoms. The topological polar surface area (TPSA) is 52.7 Å². The summed E-state index contributed by atoms with van der Waals surface area (Å²) in [6.45, 7) is 2.56. The van der Waals surface area contributed by atoms with Gasteiger partial charge < -0.3 is 20.6 Å². The first-order valence-electron chi connectivity index (χ1n) is 5.50. The predicted molar refractivity (Wildman–Crippen MR) is 68.7 cm³/mol. The first-order chi connectivity index (χ1) is 7.65. The third kappa shape index (κ3) is 3.72. The number of likely N-dealkylation sites (N-methyl/N-ethyl adjacent to an activating group) is 1. The molecule has 1 rings (SSSR count). The van der Waals surface area contributed by atoms with Gasteiger partial charge in [-0.1, -0.05) is 12.1 Å². The third-order valence-electron chi connectivity index (χ3n) is 2.46. The van der Waals surface area contributed by atoms with Gasteiger partial charge in [0.05, 0.1) is 18.0 Å². The smallest absolute Gasteiger partial charge is 0.0606 e. The van der Waals surface area contributed by atoms with Gasteiger partial charge in [0.1, 0.15) is 0 Å². The Hall–Kier alpha value is -1.26. The van der Waals surface area contributed by atoms with Crippen molar-refractivity contribution in [2.24, 2.45) is 0 Å². The summed E-state index contributed by atoms with van der Waals surface area (Å²) in [5.41, 5.74) is 7.68. The summed E-state index contributed by atoms with van der Waals surface area (Å²) in [5.74, 6) is 0. The molecule has 0 atom stereocenters. The molecule has 4 heteroatoms. The Morgan fingerprint density at radius 3 is 2.38 bits per heavy atom. The van der Waals surface area contributed by atoms with Crippen LogP contribution >= 0.6 is 0 Å². The number of nitrogen functional groups attached to an aromatic ring is 1. The number of hydrogen-bond acceptors (Lipinski definition) is 4. The lowest BCUT2D eigenvalue weighted by molar-refractivity contribution is 0.299. The van der Waals surface area contributed by atoms with Crippen molar-refractivity contribution >= 4 is 11.4 Å². The number of nitrogens with zero attached hydrogens (tertiary/aromatic N) is 2.